The second-order valence-electron chi connectivity index (χ2n) is 8.62. The van der Waals surface area contributed by atoms with E-state index < -0.39 is 29.2 Å². The molecule has 2 aromatic rings. The standard InChI is InChI=1S/C25H32N2O7/c1-6-27-23(30)33-20-14-18(12-13-19(20)32-16-17-10-8-7-9-11-17)15-25(26,21(28)31-5)22(29)34-24(2,3)4/h7-14H,6,15-16,26H2,1-5H3,(H,27,30)/t25-/m0/s1. The monoisotopic (exact) mass is 472 g/mol. The van der Waals surface area contributed by atoms with E-state index >= 15 is 0 Å². The molecule has 3 N–H and O–H groups in total. The van der Waals surface area contributed by atoms with Crippen LogP contribution in [0.1, 0.15) is 38.8 Å². The summed E-state index contributed by atoms with van der Waals surface area (Å²) >= 11 is 0. The third-order valence-corrected chi connectivity index (χ3v) is 4.56. The van der Waals surface area contributed by atoms with Gasteiger partial charge >= 0.3 is 18.0 Å². The van der Waals surface area contributed by atoms with Crippen molar-refractivity contribution >= 4 is 18.0 Å². The molecule has 34 heavy (non-hydrogen) atoms. The fourth-order valence-electron chi connectivity index (χ4n) is 2.98. The Morgan fingerprint density at radius 3 is 2.21 bits per heavy atom. The Morgan fingerprint density at radius 2 is 1.62 bits per heavy atom. The van der Waals surface area contributed by atoms with Gasteiger partial charge in [0.05, 0.1) is 7.11 Å². The van der Waals surface area contributed by atoms with Gasteiger partial charge in [0, 0.05) is 13.0 Å². The zero-order valence-electron chi connectivity index (χ0n) is 20.2. The summed E-state index contributed by atoms with van der Waals surface area (Å²) in [6.45, 7) is 7.36. The summed E-state index contributed by atoms with van der Waals surface area (Å²) in [5.74, 6) is -1.47. The molecule has 0 spiro atoms. The van der Waals surface area contributed by atoms with Crippen LogP contribution in [0, 0.1) is 0 Å². The maximum Gasteiger partial charge on any atom is 0.412 e. The van der Waals surface area contributed by atoms with Gasteiger partial charge in [-0.25, -0.2) is 14.4 Å². The van der Waals surface area contributed by atoms with Crippen molar-refractivity contribution < 1.29 is 33.3 Å². The second kappa shape index (κ2) is 11.5. The molecule has 0 heterocycles. The highest BCUT2D eigenvalue weighted by Gasteiger charge is 2.46. The molecular weight excluding hydrogens is 440 g/mol. The third-order valence-electron chi connectivity index (χ3n) is 4.56. The molecule has 9 heteroatoms. The number of amides is 1. The molecule has 2 rings (SSSR count). The summed E-state index contributed by atoms with van der Waals surface area (Å²) in [7, 11) is 1.14. The number of rotatable bonds is 9. The molecule has 9 nitrogen and oxygen atoms in total. The predicted octanol–water partition coefficient (Wildman–Crippen LogP) is 3.13. The third kappa shape index (κ3) is 7.48. The largest absolute Gasteiger partial charge is 0.485 e. The lowest BCUT2D eigenvalue weighted by Crippen LogP contribution is -2.59. The number of esters is 2. The van der Waals surface area contributed by atoms with Crippen molar-refractivity contribution in [3.8, 4) is 11.5 Å². The fourth-order valence-corrected chi connectivity index (χ4v) is 2.98. The minimum Gasteiger partial charge on any atom is -0.485 e. The Morgan fingerprint density at radius 1 is 0.941 bits per heavy atom. The zero-order valence-corrected chi connectivity index (χ0v) is 20.2. The maximum atomic E-state index is 12.8. The van der Waals surface area contributed by atoms with Crippen LogP contribution in [-0.4, -0.2) is 42.8 Å². The zero-order chi connectivity index (χ0) is 25.4. The number of carbonyl (C=O) groups is 3. The van der Waals surface area contributed by atoms with E-state index in [1.165, 1.54) is 6.07 Å². The summed E-state index contributed by atoms with van der Waals surface area (Å²) in [6.07, 6.45) is -0.928. The van der Waals surface area contributed by atoms with Gasteiger partial charge in [0.25, 0.3) is 0 Å². The minimum atomic E-state index is -2.10. The van der Waals surface area contributed by atoms with Crippen molar-refractivity contribution in [2.24, 2.45) is 5.73 Å². The molecule has 0 saturated carbocycles. The van der Waals surface area contributed by atoms with E-state index in [2.05, 4.69) is 5.32 Å². The van der Waals surface area contributed by atoms with Gasteiger partial charge in [-0.1, -0.05) is 36.4 Å². The van der Waals surface area contributed by atoms with Gasteiger partial charge in [0.1, 0.15) is 12.2 Å². The summed E-state index contributed by atoms with van der Waals surface area (Å²) in [5, 5.41) is 2.54. The minimum absolute atomic E-state index is 0.107. The van der Waals surface area contributed by atoms with E-state index in [1.54, 1.807) is 39.8 Å². The molecule has 0 aromatic heterocycles. The highest BCUT2D eigenvalue weighted by atomic mass is 16.6. The van der Waals surface area contributed by atoms with Gasteiger partial charge in [-0.15, -0.1) is 0 Å². The number of hydrogen-bond acceptors (Lipinski definition) is 8. The number of hydrogen-bond donors (Lipinski definition) is 2. The van der Waals surface area contributed by atoms with Crippen LogP contribution in [0.2, 0.25) is 0 Å². The topological polar surface area (TPSA) is 126 Å². The van der Waals surface area contributed by atoms with Crippen LogP contribution in [0.3, 0.4) is 0 Å². The van der Waals surface area contributed by atoms with Gasteiger partial charge in [0.15, 0.2) is 11.5 Å². The van der Waals surface area contributed by atoms with E-state index in [-0.39, 0.29) is 18.8 Å². The van der Waals surface area contributed by atoms with Gasteiger partial charge in [-0.3, -0.25) is 0 Å². The van der Waals surface area contributed by atoms with Gasteiger partial charge in [0.2, 0.25) is 5.54 Å². The Bertz CT molecular complexity index is 1000. The number of nitrogens with two attached hydrogens (primary N) is 1. The quantitative estimate of drug-likeness (QED) is 0.421. The van der Waals surface area contributed by atoms with Crippen molar-refractivity contribution in [3.05, 3.63) is 59.7 Å². The lowest BCUT2D eigenvalue weighted by molar-refractivity contribution is -0.170. The molecule has 0 fully saturated rings. The number of benzene rings is 2. The van der Waals surface area contributed by atoms with Crippen molar-refractivity contribution in [1.82, 2.24) is 5.32 Å². The first-order valence-corrected chi connectivity index (χ1v) is 10.8. The lowest BCUT2D eigenvalue weighted by Gasteiger charge is -2.29. The van der Waals surface area contributed by atoms with Crippen LogP contribution >= 0.6 is 0 Å². The molecule has 0 unspecified atom stereocenters. The SMILES string of the molecule is CCNC(=O)Oc1cc(C[C@](N)(C(=O)OC)C(=O)OC(C)(C)C)ccc1OCc1ccccc1. The first kappa shape index (κ1) is 26.7. The van der Waals surface area contributed by atoms with Crippen LogP contribution in [0.5, 0.6) is 11.5 Å². The smallest absolute Gasteiger partial charge is 0.412 e. The molecule has 0 saturated heterocycles. The molecule has 1 amide bonds. The molecule has 0 radical (unpaired) electrons. The molecule has 0 aliphatic carbocycles. The lowest BCUT2D eigenvalue weighted by atomic mass is 9.91. The molecule has 184 valence electrons. The first-order valence-electron chi connectivity index (χ1n) is 10.8. The molecule has 0 aliphatic heterocycles. The fraction of sp³-hybridized carbons (Fsp3) is 0.400. The number of carbonyl (C=O) groups excluding carboxylic acids is 3. The summed E-state index contributed by atoms with van der Waals surface area (Å²) in [6, 6.07) is 14.2. The molecule has 2 aromatic carbocycles. The Balaban J connectivity index is 2.36. The van der Waals surface area contributed by atoms with E-state index in [0.29, 0.717) is 17.9 Å². The summed E-state index contributed by atoms with van der Waals surface area (Å²) in [4.78, 5) is 37.4. The van der Waals surface area contributed by atoms with Crippen LogP contribution in [0.15, 0.2) is 48.5 Å². The van der Waals surface area contributed by atoms with Crippen LogP contribution in [0.4, 0.5) is 4.79 Å². The highest BCUT2D eigenvalue weighted by Crippen LogP contribution is 2.31. The molecule has 1 atom stereocenters. The second-order valence-corrected chi connectivity index (χ2v) is 8.62. The van der Waals surface area contributed by atoms with E-state index in [0.717, 1.165) is 12.7 Å². The molecular formula is C25H32N2O7. The Hall–Kier alpha value is -3.59. The van der Waals surface area contributed by atoms with Gasteiger partial charge in [-0.2, -0.15) is 0 Å². The maximum absolute atomic E-state index is 12.8. The summed E-state index contributed by atoms with van der Waals surface area (Å²) < 4.78 is 21.4. The number of nitrogens with one attached hydrogen (secondary N) is 1. The number of ether oxygens (including phenoxy) is 4. The van der Waals surface area contributed by atoms with Gasteiger partial charge in [-0.05, 0) is 51.0 Å². The first-order chi connectivity index (χ1) is 16.0. The molecule has 0 aliphatic rings. The van der Waals surface area contributed by atoms with Crippen LogP contribution < -0.4 is 20.5 Å². The van der Waals surface area contributed by atoms with E-state index in [9.17, 15) is 14.4 Å². The van der Waals surface area contributed by atoms with E-state index in [1.807, 2.05) is 30.3 Å². The van der Waals surface area contributed by atoms with Crippen LogP contribution in [-0.2, 0) is 32.1 Å². The van der Waals surface area contributed by atoms with Crippen molar-refractivity contribution in [1.29, 1.82) is 0 Å². The average molecular weight is 473 g/mol. The molecule has 0 bridgehead atoms. The van der Waals surface area contributed by atoms with Crippen molar-refractivity contribution in [2.75, 3.05) is 13.7 Å². The predicted molar refractivity (Wildman–Crippen MR) is 125 cm³/mol. The Kier molecular flexibility index (Phi) is 9.03. The van der Waals surface area contributed by atoms with Crippen molar-refractivity contribution in [3.63, 3.8) is 0 Å². The Labute approximate surface area is 199 Å². The highest BCUT2D eigenvalue weighted by molar-refractivity contribution is 6.05. The average Bonchev–Trinajstić information content (AvgIpc) is 2.77. The van der Waals surface area contributed by atoms with Crippen LogP contribution in [0.25, 0.3) is 0 Å². The van der Waals surface area contributed by atoms with E-state index in [4.69, 9.17) is 24.7 Å². The normalized spacial score (nSPS) is 12.8. The summed E-state index contributed by atoms with van der Waals surface area (Å²) in [5.41, 5.74) is 4.60. The van der Waals surface area contributed by atoms with Crippen molar-refractivity contribution in [2.45, 2.75) is 51.9 Å². The number of methoxy groups -OCH3 is 1. The van der Waals surface area contributed by atoms with Gasteiger partial charge < -0.3 is 30.0 Å².